The molecule has 0 spiro atoms. The highest BCUT2D eigenvalue weighted by Crippen LogP contribution is 2.47. The van der Waals surface area contributed by atoms with E-state index >= 15 is 0 Å². The van der Waals surface area contributed by atoms with Crippen molar-refractivity contribution < 1.29 is 46.9 Å². The van der Waals surface area contributed by atoms with Crippen LogP contribution in [0.15, 0.2) is 60.8 Å². The number of halogens is 4. The van der Waals surface area contributed by atoms with Crippen LogP contribution in [0.2, 0.25) is 0 Å². The van der Waals surface area contributed by atoms with Gasteiger partial charge < -0.3 is 36.6 Å². The Morgan fingerprint density at radius 3 is 2.35 bits per heavy atom. The molecule has 0 saturated heterocycles. The molecule has 1 aliphatic heterocycles. The number of aromatic nitrogens is 2. The highest BCUT2D eigenvalue weighted by molar-refractivity contribution is 6.05. The van der Waals surface area contributed by atoms with E-state index in [-0.39, 0.29) is 52.5 Å². The van der Waals surface area contributed by atoms with Gasteiger partial charge in [0.1, 0.15) is 29.3 Å². The molecule has 2 aromatic heterocycles. The Kier molecular flexibility index (Phi) is 8.99. The van der Waals surface area contributed by atoms with Crippen LogP contribution in [0, 0.1) is 5.82 Å². The predicted octanol–water partition coefficient (Wildman–Crippen LogP) is 3.64. The van der Waals surface area contributed by atoms with Gasteiger partial charge in [-0.1, -0.05) is 6.07 Å². The highest BCUT2D eigenvalue weighted by Gasteiger charge is 2.57. The largest absolute Gasteiger partial charge is 0.489 e. The van der Waals surface area contributed by atoms with Gasteiger partial charge in [-0.2, -0.15) is 13.2 Å². The van der Waals surface area contributed by atoms with Crippen LogP contribution in [-0.2, 0) is 15.8 Å². The molecule has 12 nitrogen and oxygen atoms in total. The Morgan fingerprint density at radius 1 is 1.02 bits per heavy atom. The van der Waals surface area contributed by atoms with Crippen LogP contribution in [0.25, 0.3) is 22.2 Å². The number of nitrogens with zero attached hydrogens (tertiary/aromatic N) is 2. The van der Waals surface area contributed by atoms with E-state index in [1.165, 1.54) is 51.2 Å². The number of hydrogen-bond acceptors (Lipinski definition) is 8. The Morgan fingerprint density at radius 2 is 1.71 bits per heavy atom. The van der Waals surface area contributed by atoms with E-state index in [9.17, 15) is 42.2 Å². The first-order valence-corrected chi connectivity index (χ1v) is 14.8. The van der Waals surface area contributed by atoms with Gasteiger partial charge >= 0.3 is 12.2 Å². The minimum atomic E-state index is -5.43. The number of pyridine rings is 2. The molecule has 4 amide bonds. The topological polar surface area (TPSA) is 189 Å². The van der Waals surface area contributed by atoms with Crippen LogP contribution < -0.4 is 26.4 Å². The molecule has 49 heavy (non-hydrogen) atoms. The van der Waals surface area contributed by atoms with Gasteiger partial charge in [0.2, 0.25) is 11.5 Å². The molecule has 2 aromatic carbocycles. The third kappa shape index (κ3) is 6.96. The van der Waals surface area contributed by atoms with Gasteiger partial charge in [-0.15, -0.1) is 0 Å². The fourth-order valence-electron chi connectivity index (χ4n) is 5.13. The fourth-order valence-corrected chi connectivity index (χ4v) is 5.13. The van der Waals surface area contributed by atoms with E-state index in [4.69, 9.17) is 10.5 Å². The number of rotatable bonds is 9. The first-order chi connectivity index (χ1) is 22.8. The summed E-state index contributed by atoms with van der Waals surface area (Å²) in [5.41, 5.74) is -2.10. The summed E-state index contributed by atoms with van der Waals surface area (Å²) >= 11 is 0. The molecule has 1 aliphatic rings. The van der Waals surface area contributed by atoms with Crippen LogP contribution in [0.4, 0.5) is 28.0 Å². The minimum Gasteiger partial charge on any atom is -0.489 e. The molecular formula is C33H32F4N6O6. The third-order valence-corrected chi connectivity index (χ3v) is 8.03. The smallest absolute Gasteiger partial charge is 0.424 e. The number of alkyl halides is 3. The first-order valence-electron chi connectivity index (χ1n) is 14.8. The quantitative estimate of drug-likeness (QED) is 0.144. The van der Waals surface area contributed by atoms with Crippen molar-refractivity contribution in [3.8, 4) is 17.0 Å². The van der Waals surface area contributed by atoms with E-state index in [2.05, 4.69) is 25.9 Å². The maximum absolute atomic E-state index is 14.8. The molecule has 7 N–H and O–H groups in total. The monoisotopic (exact) mass is 684 g/mol. The molecule has 16 heteroatoms. The fraction of sp³-hybridized carbons (Fsp3) is 0.303. The van der Waals surface area contributed by atoms with Gasteiger partial charge in [-0.3, -0.25) is 14.6 Å². The zero-order chi connectivity index (χ0) is 35.9. The zero-order valence-electron chi connectivity index (χ0n) is 26.4. The summed E-state index contributed by atoms with van der Waals surface area (Å²) in [4.78, 5) is 46.7. The Hall–Kier alpha value is -5.35. The van der Waals surface area contributed by atoms with Crippen LogP contribution in [-0.4, -0.2) is 69.5 Å². The van der Waals surface area contributed by atoms with Gasteiger partial charge in [0.15, 0.2) is 0 Å². The third-order valence-electron chi connectivity index (χ3n) is 8.03. The van der Waals surface area contributed by atoms with E-state index in [1.54, 1.807) is 12.1 Å². The van der Waals surface area contributed by atoms with E-state index in [1.807, 2.05) is 0 Å². The zero-order valence-corrected chi connectivity index (χ0v) is 26.4. The summed E-state index contributed by atoms with van der Waals surface area (Å²) in [6, 6.07) is 10.3. The predicted molar refractivity (Wildman–Crippen MR) is 169 cm³/mol. The van der Waals surface area contributed by atoms with Crippen molar-refractivity contribution >= 4 is 34.4 Å². The lowest BCUT2D eigenvalue weighted by molar-refractivity contribution is -0.265. The van der Waals surface area contributed by atoms with Gasteiger partial charge in [0, 0.05) is 34.8 Å². The summed E-state index contributed by atoms with van der Waals surface area (Å²) in [6.45, 7) is 2.43. The highest BCUT2D eigenvalue weighted by atomic mass is 19.4. The summed E-state index contributed by atoms with van der Waals surface area (Å²) < 4.78 is 63.8. The molecular weight excluding hydrogens is 652 g/mol. The molecule has 0 bridgehead atoms. The average Bonchev–Trinajstić information content (AvgIpc) is 3.39. The number of aliphatic hydroxyl groups is 2. The van der Waals surface area contributed by atoms with E-state index in [0.29, 0.717) is 5.39 Å². The molecule has 4 aromatic rings. The molecule has 258 valence electrons. The van der Waals surface area contributed by atoms with Crippen molar-refractivity contribution in [3.63, 3.8) is 0 Å². The van der Waals surface area contributed by atoms with Crippen LogP contribution in [0.1, 0.15) is 42.4 Å². The normalized spacial score (nSPS) is 17.1. The van der Waals surface area contributed by atoms with Crippen molar-refractivity contribution in [1.82, 2.24) is 20.6 Å². The second kappa shape index (κ2) is 12.6. The van der Waals surface area contributed by atoms with Crippen molar-refractivity contribution in [3.05, 3.63) is 83.4 Å². The molecule has 3 heterocycles. The first kappa shape index (κ1) is 35.0. The van der Waals surface area contributed by atoms with Gasteiger partial charge in [-0.25, -0.2) is 14.2 Å². The van der Waals surface area contributed by atoms with Crippen LogP contribution >= 0.6 is 0 Å². The lowest BCUT2D eigenvalue weighted by Crippen LogP contribution is -2.51. The maximum atomic E-state index is 14.8. The van der Waals surface area contributed by atoms with Gasteiger partial charge in [-0.05, 0) is 69.3 Å². The number of carbonyl (C=O) groups excluding carboxylic acids is 3. The van der Waals surface area contributed by atoms with Crippen molar-refractivity contribution in [1.29, 1.82) is 0 Å². The number of hydrogen-bond donors (Lipinski definition) is 6. The number of nitrogens with two attached hydrogens (primary N) is 1. The number of carbonyl (C=O) groups is 3. The summed E-state index contributed by atoms with van der Waals surface area (Å²) in [5, 5.41) is 28.7. The summed E-state index contributed by atoms with van der Waals surface area (Å²) in [7, 11) is 0. The molecule has 5 rings (SSSR count). The van der Waals surface area contributed by atoms with E-state index < -0.39 is 58.7 Å². The SMILES string of the molecule is CC(C)(O)CNC(=O)Nc1cc(C(=O)NCC(O)(c2cc3c(c(-c4ccc(F)cc4)n2)OC[C@]3(C)C(N)=O)C(F)(F)F)cc2cccnc12. The van der Waals surface area contributed by atoms with Gasteiger partial charge in [0.05, 0.1) is 29.0 Å². The summed E-state index contributed by atoms with van der Waals surface area (Å²) in [5.74, 6) is -2.67. The Labute approximate surface area is 276 Å². The number of ether oxygens (including phenoxy) is 1. The Balaban J connectivity index is 1.52. The number of benzene rings is 2. The summed E-state index contributed by atoms with van der Waals surface area (Å²) in [6.07, 6.45) is -3.99. The molecule has 0 aliphatic carbocycles. The second-order valence-electron chi connectivity index (χ2n) is 12.5. The van der Waals surface area contributed by atoms with Gasteiger partial charge in [0.25, 0.3) is 5.91 Å². The van der Waals surface area contributed by atoms with Crippen molar-refractivity contribution in [2.24, 2.45) is 5.73 Å². The van der Waals surface area contributed by atoms with Crippen molar-refractivity contribution in [2.45, 2.75) is 43.6 Å². The molecule has 0 saturated carbocycles. The number of urea groups is 1. The maximum Gasteiger partial charge on any atom is 0.424 e. The van der Waals surface area contributed by atoms with Crippen LogP contribution in [0.3, 0.4) is 0 Å². The minimum absolute atomic E-state index is 0.0394. The molecule has 0 fully saturated rings. The number of nitrogens with one attached hydrogen (secondary N) is 3. The lowest BCUT2D eigenvalue weighted by Gasteiger charge is -2.31. The second-order valence-corrected chi connectivity index (χ2v) is 12.5. The molecule has 2 atom stereocenters. The Bertz CT molecular complexity index is 1950. The standard InChI is InChI=1S/C33H32F4N6O6/c1-30(2,47)14-41-29(46)42-22-12-19(11-18-5-4-10-39-24(18)22)27(44)40-15-32(48,33(35,36)37)23-13-21-26(49-16-31(21,3)28(38)45)25(43-23)17-6-8-20(34)9-7-17/h4-13,47-48H,14-16H2,1-3H3,(H2,38,45)(H,40,44)(H2,41,42,46)/t31-,32?/m0/s1. The van der Waals surface area contributed by atoms with E-state index in [0.717, 1.165) is 18.2 Å². The number of amides is 4. The number of anilines is 1. The molecule has 0 radical (unpaired) electrons. The lowest BCUT2D eigenvalue weighted by atomic mass is 9.81. The van der Waals surface area contributed by atoms with Crippen LogP contribution in [0.5, 0.6) is 5.75 Å². The number of fused-ring (bicyclic) bond motifs is 2. The number of primary amides is 1. The molecule has 1 unspecified atom stereocenters. The average molecular weight is 685 g/mol. The van der Waals surface area contributed by atoms with Crippen molar-refractivity contribution in [2.75, 3.05) is 25.0 Å².